The molecule has 170 valence electrons. The maximum absolute atomic E-state index is 12.8. The third kappa shape index (κ3) is 4.44. The van der Waals surface area contributed by atoms with Gasteiger partial charge in [-0.2, -0.15) is 0 Å². The van der Waals surface area contributed by atoms with Gasteiger partial charge in [-0.25, -0.2) is 9.97 Å². The van der Waals surface area contributed by atoms with Crippen LogP contribution in [0.4, 0.5) is 5.82 Å². The van der Waals surface area contributed by atoms with Crippen LogP contribution in [0.1, 0.15) is 47.8 Å². The average Bonchev–Trinajstić information content (AvgIpc) is 3.53. The van der Waals surface area contributed by atoms with Crippen molar-refractivity contribution in [2.45, 2.75) is 38.5 Å². The number of carbonyl (C=O) groups is 1. The van der Waals surface area contributed by atoms with Gasteiger partial charge in [0.05, 0.1) is 19.6 Å². The molecular weight excluding hydrogens is 404 g/mol. The Morgan fingerprint density at radius 1 is 1.16 bits per heavy atom. The van der Waals surface area contributed by atoms with Crippen LogP contribution in [0.3, 0.4) is 0 Å². The van der Waals surface area contributed by atoms with E-state index in [0.29, 0.717) is 19.1 Å². The minimum Gasteiger partial charge on any atom is -0.497 e. The summed E-state index contributed by atoms with van der Waals surface area (Å²) in [5.74, 6) is 3.67. The van der Waals surface area contributed by atoms with Gasteiger partial charge in [0.1, 0.15) is 17.4 Å². The quantitative estimate of drug-likeness (QED) is 0.694. The smallest absolute Gasteiger partial charge is 0.228 e. The molecule has 2 aromatic rings. The summed E-state index contributed by atoms with van der Waals surface area (Å²) in [7, 11) is 1.70. The first kappa shape index (κ1) is 21.2. The van der Waals surface area contributed by atoms with E-state index in [1.165, 1.54) is 24.0 Å². The van der Waals surface area contributed by atoms with Gasteiger partial charge in [0.2, 0.25) is 5.91 Å². The van der Waals surface area contributed by atoms with Crippen molar-refractivity contribution in [3.8, 4) is 5.75 Å². The fraction of sp³-hybridized carbons (Fsp3) is 0.560. The first-order valence-electron chi connectivity index (χ1n) is 11.7. The standard InChI is InChI=1S/C25H32N4O3/c1-17-22(15-18-4-3-5-21(14-18)31-2)24(27-23(26-17)19-6-7-19)28-9-11-29(12-10-28)25(30)20-8-13-32-16-20/h3-5,14,19-20H,6-13,15-16H2,1-2H3/t20-/m1/s1. The summed E-state index contributed by atoms with van der Waals surface area (Å²) in [5.41, 5.74) is 3.42. The molecule has 0 N–H and O–H groups in total. The van der Waals surface area contributed by atoms with E-state index in [9.17, 15) is 4.79 Å². The zero-order valence-electron chi connectivity index (χ0n) is 19.0. The Labute approximate surface area is 189 Å². The molecule has 0 spiro atoms. The molecule has 3 aliphatic rings. The van der Waals surface area contributed by atoms with Crippen LogP contribution in [0, 0.1) is 12.8 Å². The number of amides is 1. The Hall–Kier alpha value is -2.67. The third-order valence-corrected chi connectivity index (χ3v) is 6.84. The van der Waals surface area contributed by atoms with Crippen molar-refractivity contribution in [2.24, 2.45) is 5.92 Å². The van der Waals surface area contributed by atoms with E-state index < -0.39 is 0 Å². The monoisotopic (exact) mass is 436 g/mol. The van der Waals surface area contributed by atoms with E-state index in [2.05, 4.69) is 24.0 Å². The molecule has 7 heteroatoms. The van der Waals surface area contributed by atoms with E-state index >= 15 is 0 Å². The number of nitrogens with zero attached hydrogens (tertiary/aromatic N) is 4. The maximum Gasteiger partial charge on any atom is 0.228 e. The molecule has 2 saturated heterocycles. The number of ether oxygens (including phenoxy) is 2. The van der Waals surface area contributed by atoms with Gasteiger partial charge in [-0.1, -0.05) is 12.1 Å². The van der Waals surface area contributed by atoms with Crippen molar-refractivity contribution in [3.63, 3.8) is 0 Å². The summed E-state index contributed by atoms with van der Waals surface area (Å²) in [5, 5.41) is 0. The van der Waals surface area contributed by atoms with Crippen molar-refractivity contribution in [3.05, 3.63) is 46.9 Å². The van der Waals surface area contributed by atoms with Gasteiger partial charge in [0.25, 0.3) is 0 Å². The number of benzene rings is 1. The summed E-state index contributed by atoms with van der Waals surface area (Å²) in [4.78, 5) is 27.1. The largest absolute Gasteiger partial charge is 0.497 e. The van der Waals surface area contributed by atoms with Gasteiger partial charge in [0.15, 0.2) is 0 Å². The molecule has 0 unspecified atom stereocenters. The van der Waals surface area contributed by atoms with Crippen molar-refractivity contribution < 1.29 is 14.3 Å². The van der Waals surface area contributed by atoms with Gasteiger partial charge in [-0.15, -0.1) is 0 Å². The molecule has 1 aliphatic carbocycles. The third-order valence-electron chi connectivity index (χ3n) is 6.84. The summed E-state index contributed by atoms with van der Waals surface area (Å²) >= 11 is 0. The van der Waals surface area contributed by atoms with Gasteiger partial charge in [0, 0.05) is 56.4 Å². The molecule has 1 aromatic carbocycles. The number of hydrogen-bond donors (Lipinski definition) is 0. The minimum absolute atomic E-state index is 0.0351. The van der Waals surface area contributed by atoms with Crippen LogP contribution >= 0.6 is 0 Å². The minimum atomic E-state index is 0.0351. The summed E-state index contributed by atoms with van der Waals surface area (Å²) in [6.45, 7) is 6.43. The van der Waals surface area contributed by atoms with Crippen molar-refractivity contribution in [2.75, 3.05) is 51.4 Å². The summed E-state index contributed by atoms with van der Waals surface area (Å²) in [6, 6.07) is 8.20. The topological polar surface area (TPSA) is 67.8 Å². The molecule has 1 atom stereocenters. The number of aryl methyl sites for hydroxylation is 1. The predicted molar refractivity (Wildman–Crippen MR) is 122 cm³/mol. The lowest BCUT2D eigenvalue weighted by atomic mass is 10.0. The Kier molecular flexibility index (Phi) is 6.00. The van der Waals surface area contributed by atoms with E-state index in [4.69, 9.17) is 19.4 Å². The van der Waals surface area contributed by atoms with Crippen LogP contribution in [-0.4, -0.2) is 67.3 Å². The van der Waals surface area contributed by atoms with Gasteiger partial charge < -0.3 is 19.3 Å². The van der Waals surface area contributed by atoms with Crippen LogP contribution in [0.2, 0.25) is 0 Å². The number of anilines is 1. The second kappa shape index (κ2) is 9.06. The number of rotatable bonds is 6. The number of methoxy groups -OCH3 is 1. The molecule has 3 fully saturated rings. The molecule has 7 nitrogen and oxygen atoms in total. The average molecular weight is 437 g/mol. The molecule has 5 rings (SSSR count). The summed E-state index contributed by atoms with van der Waals surface area (Å²) in [6.07, 6.45) is 3.97. The maximum atomic E-state index is 12.8. The van der Waals surface area contributed by atoms with Crippen LogP contribution in [0.25, 0.3) is 0 Å². The molecule has 3 heterocycles. The van der Waals surface area contributed by atoms with Crippen LogP contribution in [-0.2, 0) is 16.0 Å². The fourth-order valence-electron chi connectivity index (χ4n) is 4.71. The Balaban J connectivity index is 1.37. The number of aromatic nitrogens is 2. The van der Waals surface area contributed by atoms with E-state index in [1.807, 2.05) is 17.0 Å². The van der Waals surface area contributed by atoms with Crippen molar-refractivity contribution in [1.29, 1.82) is 0 Å². The second-order valence-corrected chi connectivity index (χ2v) is 9.14. The van der Waals surface area contributed by atoms with E-state index in [0.717, 1.165) is 62.1 Å². The first-order chi connectivity index (χ1) is 15.6. The Morgan fingerprint density at radius 3 is 2.66 bits per heavy atom. The molecule has 0 radical (unpaired) electrons. The second-order valence-electron chi connectivity index (χ2n) is 9.14. The fourth-order valence-corrected chi connectivity index (χ4v) is 4.71. The first-order valence-corrected chi connectivity index (χ1v) is 11.7. The highest BCUT2D eigenvalue weighted by molar-refractivity contribution is 5.79. The number of hydrogen-bond acceptors (Lipinski definition) is 6. The molecule has 0 bridgehead atoms. The van der Waals surface area contributed by atoms with Gasteiger partial charge in [-0.3, -0.25) is 4.79 Å². The zero-order valence-corrected chi connectivity index (χ0v) is 19.0. The molecule has 32 heavy (non-hydrogen) atoms. The zero-order chi connectivity index (χ0) is 22.1. The highest BCUT2D eigenvalue weighted by atomic mass is 16.5. The van der Waals surface area contributed by atoms with Crippen LogP contribution < -0.4 is 9.64 Å². The molecule has 1 aromatic heterocycles. The highest BCUT2D eigenvalue weighted by Gasteiger charge is 2.33. The Bertz CT molecular complexity index is 977. The molecule has 1 amide bonds. The lowest BCUT2D eigenvalue weighted by Gasteiger charge is -2.37. The van der Waals surface area contributed by atoms with Crippen molar-refractivity contribution >= 4 is 11.7 Å². The van der Waals surface area contributed by atoms with Gasteiger partial charge >= 0.3 is 0 Å². The normalized spacial score (nSPS) is 21.1. The van der Waals surface area contributed by atoms with Gasteiger partial charge in [-0.05, 0) is 43.9 Å². The SMILES string of the molecule is COc1cccc(Cc2c(C)nc(C3CC3)nc2N2CCN(C(=O)[C@@H]3CCOC3)CC2)c1. The summed E-state index contributed by atoms with van der Waals surface area (Å²) < 4.78 is 10.8. The highest BCUT2D eigenvalue weighted by Crippen LogP contribution is 2.40. The van der Waals surface area contributed by atoms with E-state index in [1.54, 1.807) is 7.11 Å². The van der Waals surface area contributed by atoms with Crippen molar-refractivity contribution in [1.82, 2.24) is 14.9 Å². The van der Waals surface area contributed by atoms with E-state index in [-0.39, 0.29) is 11.8 Å². The lowest BCUT2D eigenvalue weighted by Crippen LogP contribution is -2.51. The molecule has 1 saturated carbocycles. The van der Waals surface area contributed by atoms with Crippen LogP contribution in [0.15, 0.2) is 24.3 Å². The Morgan fingerprint density at radius 2 is 1.97 bits per heavy atom. The number of carbonyl (C=O) groups excluding carboxylic acids is 1. The number of piperazine rings is 1. The lowest BCUT2D eigenvalue weighted by molar-refractivity contribution is -0.135. The van der Waals surface area contributed by atoms with Crippen LogP contribution in [0.5, 0.6) is 5.75 Å². The molecular formula is C25H32N4O3. The molecule has 2 aliphatic heterocycles. The predicted octanol–water partition coefficient (Wildman–Crippen LogP) is 2.95.